The van der Waals surface area contributed by atoms with Crippen LogP contribution in [0.15, 0.2) is 11.7 Å². The molecule has 0 unspecified atom stereocenters. The van der Waals surface area contributed by atoms with Crippen molar-refractivity contribution in [3.8, 4) is 0 Å². The van der Waals surface area contributed by atoms with Crippen molar-refractivity contribution in [3.05, 3.63) is 23.2 Å². The zero-order valence-electron chi connectivity index (χ0n) is 8.54. The van der Waals surface area contributed by atoms with E-state index in [1.54, 1.807) is 16.3 Å². The van der Waals surface area contributed by atoms with Gasteiger partial charge in [-0.1, -0.05) is 0 Å². The van der Waals surface area contributed by atoms with E-state index in [9.17, 15) is 4.79 Å². The summed E-state index contributed by atoms with van der Waals surface area (Å²) in [5.41, 5.74) is 5.76. The van der Waals surface area contributed by atoms with Gasteiger partial charge in [-0.05, 0) is 0 Å². The quantitative estimate of drug-likeness (QED) is 0.770. The average Bonchev–Trinajstić information content (AvgIpc) is 2.84. The molecule has 0 atom stereocenters. The van der Waals surface area contributed by atoms with Crippen molar-refractivity contribution >= 4 is 22.4 Å². The fourth-order valence-electron chi connectivity index (χ4n) is 1.11. The summed E-state index contributed by atoms with van der Waals surface area (Å²) in [6.45, 7) is 0.312. The number of aromatic nitrogens is 4. The van der Waals surface area contributed by atoms with Crippen molar-refractivity contribution in [1.29, 1.82) is 0 Å². The number of carbonyl (C=O) groups is 1. The Balaban J connectivity index is 1.96. The Labute approximate surface area is 95.3 Å². The van der Waals surface area contributed by atoms with Gasteiger partial charge in [-0.25, -0.2) is 4.98 Å². The van der Waals surface area contributed by atoms with Gasteiger partial charge in [0.25, 0.3) is 5.91 Å². The molecule has 2 heterocycles. The second-order valence-corrected chi connectivity index (χ2v) is 4.00. The van der Waals surface area contributed by atoms with Gasteiger partial charge in [-0.2, -0.15) is 0 Å². The lowest BCUT2D eigenvalue weighted by Gasteiger charge is -2.01. The van der Waals surface area contributed by atoms with E-state index in [0.29, 0.717) is 23.2 Å². The third-order valence-corrected chi connectivity index (χ3v) is 2.64. The van der Waals surface area contributed by atoms with E-state index in [1.807, 2.05) is 7.05 Å². The summed E-state index contributed by atoms with van der Waals surface area (Å²) in [6, 6.07) is 0. The zero-order valence-corrected chi connectivity index (χ0v) is 9.36. The molecule has 8 heteroatoms. The Morgan fingerprint density at radius 3 is 3.06 bits per heavy atom. The molecule has 0 fully saturated rings. The molecule has 0 radical (unpaired) electrons. The van der Waals surface area contributed by atoms with Gasteiger partial charge < -0.3 is 15.6 Å². The highest BCUT2D eigenvalue weighted by molar-refractivity contribution is 7.13. The maximum Gasteiger partial charge on any atom is 0.271 e. The number of thiazole rings is 1. The van der Waals surface area contributed by atoms with Crippen molar-refractivity contribution in [2.75, 3.05) is 5.73 Å². The first-order chi connectivity index (χ1) is 7.66. The van der Waals surface area contributed by atoms with E-state index >= 15 is 0 Å². The maximum atomic E-state index is 11.6. The van der Waals surface area contributed by atoms with E-state index in [2.05, 4.69) is 20.5 Å². The van der Waals surface area contributed by atoms with Crippen molar-refractivity contribution in [3.63, 3.8) is 0 Å². The highest BCUT2D eigenvalue weighted by Crippen LogP contribution is 2.10. The number of nitrogens with two attached hydrogens (primary N) is 1. The topological polar surface area (TPSA) is 98.7 Å². The van der Waals surface area contributed by atoms with Gasteiger partial charge in [0, 0.05) is 12.4 Å². The van der Waals surface area contributed by atoms with Crippen LogP contribution in [0.5, 0.6) is 0 Å². The van der Waals surface area contributed by atoms with Crippen molar-refractivity contribution in [2.45, 2.75) is 6.54 Å². The summed E-state index contributed by atoms with van der Waals surface area (Å²) in [7, 11) is 1.81. The minimum Gasteiger partial charge on any atom is -0.375 e. The zero-order chi connectivity index (χ0) is 11.5. The summed E-state index contributed by atoms with van der Waals surface area (Å²) in [6.07, 6.45) is 1.57. The molecule has 0 saturated heterocycles. The van der Waals surface area contributed by atoms with Crippen LogP contribution >= 0.6 is 11.3 Å². The monoisotopic (exact) mass is 238 g/mol. The molecular formula is C8H10N6OS. The van der Waals surface area contributed by atoms with Gasteiger partial charge in [-0.3, -0.25) is 4.79 Å². The van der Waals surface area contributed by atoms with Gasteiger partial charge in [0.15, 0.2) is 11.0 Å². The molecule has 7 nitrogen and oxygen atoms in total. The Bertz CT molecular complexity index is 504. The summed E-state index contributed by atoms with van der Waals surface area (Å²) in [5.74, 6) is 0.410. The van der Waals surface area contributed by atoms with Gasteiger partial charge in [-0.15, -0.1) is 21.5 Å². The molecule has 0 aliphatic rings. The van der Waals surface area contributed by atoms with Crippen LogP contribution in [0.1, 0.15) is 16.3 Å². The van der Waals surface area contributed by atoms with Crippen molar-refractivity contribution < 1.29 is 4.79 Å². The molecule has 0 aromatic carbocycles. The normalized spacial score (nSPS) is 10.3. The van der Waals surface area contributed by atoms with E-state index in [1.165, 1.54) is 11.3 Å². The van der Waals surface area contributed by atoms with Crippen LogP contribution in [0.3, 0.4) is 0 Å². The second kappa shape index (κ2) is 4.27. The summed E-state index contributed by atoms with van der Waals surface area (Å²) < 4.78 is 1.73. The van der Waals surface area contributed by atoms with Gasteiger partial charge in [0.1, 0.15) is 12.0 Å². The van der Waals surface area contributed by atoms with Gasteiger partial charge >= 0.3 is 0 Å². The number of nitrogen functional groups attached to an aromatic ring is 1. The average molecular weight is 238 g/mol. The minimum absolute atomic E-state index is 0.268. The van der Waals surface area contributed by atoms with Gasteiger partial charge in [0.05, 0.1) is 6.54 Å². The lowest BCUT2D eigenvalue weighted by molar-refractivity contribution is 0.0945. The van der Waals surface area contributed by atoms with Crippen molar-refractivity contribution in [1.82, 2.24) is 25.1 Å². The number of hydrogen-bond acceptors (Lipinski definition) is 6. The van der Waals surface area contributed by atoms with Crippen LogP contribution in [0.4, 0.5) is 5.13 Å². The van der Waals surface area contributed by atoms with Crippen LogP contribution in [-0.2, 0) is 13.6 Å². The van der Waals surface area contributed by atoms with E-state index < -0.39 is 0 Å². The molecule has 84 valence electrons. The van der Waals surface area contributed by atoms with E-state index in [0.717, 1.165) is 0 Å². The summed E-state index contributed by atoms with van der Waals surface area (Å²) in [5, 5.41) is 12.2. The summed E-state index contributed by atoms with van der Waals surface area (Å²) in [4.78, 5) is 15.5. The van der Waals surface area contributed by atoms with Crippen LogP contribution in [0.2, 0.25) is 0 Å². The fourth-order valence-corrected chi connectivity index (χ4v) is 1.65. The molecule has 2 aromatic heterocycles. The lowest BCUT2D eigenvalue weighted by Crippen LogP contribution is -2.24. The number of rotatable bonds is 3. The Morgan fingerprint density at radius 1 is 1.69 bits per heavy atom. The molecular weight excluding hydrogens is 228 g/mol. The van der Waals surface area contributed by atoms with Crippen LogP contribution < -0.4 is 11.1 Å². The Hall–Kier alpha value is -1.96. The molecule has 0 bridgehead atoms. The largest absolute Gasteiger partial charge is 0.375 e. The smallest absolute Gasteiger partial charge is 0.271 e. The number of anilines is 1. The van der Waals surface area contributed by atoms with E-state index in [-0.39, 0.29) is 5.91 Å². The molecule has 0 saturated carbocycles. The predicted molar refractivity (Wildman–Crippen MR) is 58.7 cm³/mol. The third-order valence-electron chi connectivity index (χ3n) is 1.97. The molecule has 1 amide bonds. The Kier molecular flexibility index (Phi) is 2.82. The second-order valence-electron chi connectivity index (χ2n) is 3.11. The molecule has 3 N–H and O–H groups in total. The molecule has 0 aliphatic carbocycles. The van der Waals surface area contributed by atoms with Crippen LogP contribution in [0.25, 0.3) is 0 Å². The fraction of sp³-hybridized carbons (Fsp3) is 0.250. The molecule has 0 aliphatic heterocycles. The highest BCUT2D eigenvalue weighted by Gasteiger charge is 2.10. The van der Waals surface area contributed by atoms with E-state index in [4.69, 9.17) is 5.73 Å². The third kappa shape index (κ3) is 2.16. The van der Waals surface area contributed by atoms with Crippen LogP contribution in [-0.4, -0.2) is 25.7 Å². The molecule has 16 heavy (non-hydrogen) atoms. The first kappa shape index (κ1) is 10.6. The first-order valence-corrected chi connectivity index (χ1v) is 5.37. The predicted octanol–water partition coefficient (Wildman–Crippen LogP) is -0.216. The standard InChI is InChI=1S/C8H10N6OS/c1-14-4-11-13-6(14)2-10-7(15)5-3-16-8(9)12-5/h3-4H,2H2,1H3,(H2,9,12)(H,10,15). The number of carbonyl (C=O) groups excluding carboxylic acids is 1. The molecule has 2 aromatic rings. The van der Waals surface area contributed by atoms with Crippen molar-refractivity contribution in [2.24, 2.45) is 7.05 Å². The number of nitrogens with zero attached hydrogens (tertiary/aromatic N) is 4. The number of amides is 1. The summed E-state index contributed by atoms with van der Waals surface area (Å²) >= 11 is 1.23. The van der Waals surface area contributed by atoms with Gasteiger partial charge in [0.2, 0.25) is 0 Å². The SMILES string of the molecule is Cn1cnnc1CNC(=O)c1csc(N)n1. The lowest BCUT2D eigenvalue weighted by atomic mass is 10.4. The minimum atomic E-state index is -0.268. The first-order valence-electron chi connectivity index (χ1n) is 4.49. The number of nitrogens with one attached hydrogen (secondary N) is 1. The number of hydrogen-bond donors (Lipinski definition) is 2. The Morgan fingerprint density at radius 2 is 2.50 bits per heavy atom. The molecule has 0 spiro atoms. The maximum absolute atomic E-state index is 11.6. The van der Waals surface area contributed by atoms with Crippen LogP contribution in [0, 0.1) is 0 Å². The number of aryl methyl sites for hydroxylation is 1. The molecule has 2 rings (SSSR count). The highest BCUT2D eigenvalue weighted by atomic mass is 32.1.